The van der Waals surface area contributed by atoms with Gasteiger partial charge in [-0.05, 0) is 31.9 Å². The van der Waals surface area contributed by atoms with E-state index in [0.717, 1.165) is 43.8 Å². The minimum Gasteiger partial charge on any atom is -0.394 e. The quantitative estimate of drug-likeness (QED) is 0.749. The molecular formula is C16H27N3O4S. The van der Waals surface area contributed by atoms with Crippen LogP contribution in [-0.2, 0) is 21.8 Å². The summed E-state index contributed by atoms with van der Waals surface area (Å²) in [6.07, 6.45) is 6.12. The molecule has 1 aromatic heterocycles. The third kappa shape index (κ3) is 3.77. The summed E-state index contributed by atoms with van der Waals surface area (Å²) in [7, 11) is 1.81. The Bertz CT molecular complexity index is 529. The topological polar surface area (TPSA) is 80.9 Å². The summed E-state index contributed by atoms with van der Waals surface area (Å²) in [5.41, 5.74) is -0.0960. The monoisotopic (exact) mass is 357 g/mol. The van der Waals surface area contributed by atoms with Crippen LogP contribution in [0, 0.1) is 0 Å². The van der Waals surface area contributed by atoms with E-state index in [9.17, 15) is 0 Å². The SMILES string of the molecule is CO[C@@]12CC[C@H](OCCO)C[C@@H]1N(Cc1nc(CSC)no1)CC2. The van der Waals surface area contributed by atoms with Crippen LogP contribution in [0.15, 0.2) is 4.52 Å². The second-order valence-electron chi connectivity index (χ2n) is 6.53. The van der Waals surface area contributed by atoms with E-state index in [0.29, 0.717) is 19.0 Å². The number of methoxy groups -OCH3 is 1. The van der Waals surface area contributed by atoms with Crippen LogP contribution >= 0.6 is 11.8 Å². The first kappa shape index (κ1) is 18.1. The van der Waals surface area contributed by atoms with E-state index in [4.69, 9.17) is 19.1 Å². The van der Waals surface area contributed by atoms with Gasteiger partial charge in [-0.1, -0.05) is 5.16 Å². The van der Waals surface area contributed by atoms with Crippen LogP contribution in [0.3, 0.4) is 0 Å². The molecule has 3 rings (SSSR count). The standard InChI is InChI=1S/C16H27N3O4S/c1-21-16-4-3-12(22-8-7-20)9-13(16)19(6-5-16)10-15-17-14(11-24-2)18-23-15/h12-13,20H,3-11H2,1-2H3/t12-,13-,16+/m0/s1. The molecule has 7 nitrogen and oxygen atoms in total. The lowest BCUT2D eigenvalue weighted by atomic mass is 9.79. The largest absolute Gasteiger partial charge is 0.394 e. The van der Waals surface area contributed by atoms with Crippen LogP contribution in [0.2, 0.25) is 0 Å². The minimum atomic E-state index is -0.0960. The molecule has 136 valence electrons. The van der Waals surface area contributed by atoms with Crippen molar-refractivity contribution in [3.8, 4) is 0 Å². The predicted octanol–water partition coefficient (Wildman–Crippen LogP) is 1.45. The minimum absolute atomic E-state index is 0.0699. The van der Waals surface area contributed by atoms with E-state index < -0.39 is 0 Å². The number of hydrogen-bond acceptors (Lipinski definition) is 8. The maximum atomic E-state index is 8.98. The molecule has 1 aliphatic carbocycles. The lowest BCUT2D eigenvalue weighted by Gasteiger charge is -2.43. The molecule has 1 saturated heterocycles. The highest BCUT2D eigenvalue weighted by Crippen LogP contribution is 2.43. The molecule has 2 aliphatic rings. The van der Waals surface area contributed by atoms with Crippen molar-refractivity contribution in [3.05, 3.63) is 11.7 Å². The first-order valence-electron chi connectivity index (χ1n) is 8.53. The van der Waals surface area contributed by atoms with Gasteiger partial charge in [0.05, 0.1) is 37.2 Å². The molecule has 1 aromatic rings. The molecule has 0 radical (unpaired) electrons. The molecule has 0 unspecified atom stereocenters. The average Bonchev–Trinajstić information content (AvgIpc) is 3.19. The first-order chi connectivity index (χ1) is 11.7. The number of thioether (sulfide) groups is 1. The maximum Gasteiger partial charge on any atom is 0.240 e. The average molecular weight is 357 g/mol. The van der Waals surface area contributed by atoms with E-state index in [2.05, 4.69) is 15.0 Å². The van der Waals surface area contributed by atoms with Gasteiger partial charge in [-0.25, -0.2) is 0 Å². The summed E-state index contributed by atoms with van der Waals surface area (Å²) in [6.45, 7) is 2.09. The van der Waals surface area contributed by atoms with E-state index in [1.807, 2.05) is 13.4 Å². The fourth-order valence-electron chi connectivity index (χ4n) is 4.03. The van der Waals surface area contributed by atoms with Gasteiger partial charge in [0.15, 0.2) is 5.82 Å². The van der Waals surface area contributed by atoms with Crippen LogP contribution in [0.25, 0.3) is 0 Å². The van der Waals surface area contributed by atoms with Crippen LogP contribution in [0.1, 0.15) is 37.4 Å². The van der Waals surface area contributed by atoms with Crippen molar-refractivity contribution in [3.63, 3.8) is 0 Å². The third-order valence-corrected chi connectivity index (χ3v) is 5.77. The number of aliphatic hydroxyl groups is 1. The zero-order valence-electron chi connectivity index (χ0n) is 14.4. The Balaban J connectivity index is 1.66. The first-order valence-corrected chi connectivity index (χ1v) is 9.92. The van der Waals surface area contributed by atoms with Crippen molar-refractivity contribution < 1.29 is 19.1 Å². The van der Waals surface area contributed by atoms with E-state index in [1.165, 1.54) is 0 Å². The maximum absolute atomic E-state index is 8.98. The Morgan fingerprint density at radius 2 is 2.33 bits per heavy atom. The Hall–Kier alpha value is -0.670. The molecule has 0 amide bonds. The molecule has 1 saturated carbocycles. The highest BCUT2D eigenvalue weighted by atomic mass is 32.2. The third-order valence-electron chi connectivity index (χ3n) is 5.22. The van der Waals surface area contributed by atoms with Crippen molar-refractivity contribution in [2.75, 3.05) is 33.1 Å². The van der Waals surface area contributed by atoms with Crippen molar-refractivity contribution in [1.29, 1.82) is 0 Å². The van der Waals surface area contributed by atoms with Crippen LogP contribution in [-0.4, -0.2) is 71.0 Å². The summed E-state index contributed by atoms with van der Waals surface area (Å²) in [6, 6.07) is 0.288. The van der Waals surface area contributed by atoms with Gasteiger partial charge in [-0.15, -0.1) is 0 Å². The molecule has 0 aromatic carbocycles. The zero-order chi connectivity index (χ0) is 17.0. The Morgan fingerprint density at radius 1 is 1.46 bits per heavy atom. The Morgan fingerprint density at radius 3 is 3.08 bits per heavy atom. The van der Waals surface area contributed by atoms with Crippen LogP contribution in [0.5, 0.6) is 0 Å². The summed E-state index contributed by atoms with van der Waals surface area (Å²) in [4.78, 5) is 6.86. The molecule has 2 fully saturated rings. The number of likely N-dealkylation sites (tertiary alicyclic amines) is 1. The smallest absolute Gasteiger partial charge is 0.240 e. The van der Waals surface area contributed by atoms with E-state index in [1.54, 1.807) is 11.8 Å². The molecular weight excluding hydrogens is 330 g/mol. The lowest BCUT2D eigenvalue weighted by Crippen LogP contribution is -2.51. The molecule has 24 heavy (non-hydrogen) atoms. The van der Waals surface area contributed by atoms with Crippen molar-refractivity contribution >= 4 is 11.8 Å². The zero-order valence-corrected chi connectivity index (χ0v) is 15.3. The second-order valence-corrected chi connectivity index (χ2v) is 7.40. The van der Waals surface area contributed by atoms with Crippen LogP contribution in [0.4, 0.5) is 0 Å². The fourth-order valence-corrected chi connectivity index (χ4v) is 4.41. The van der Waals surface area contributed by atoms with E-state index in [-0.39, 0.29) is 24.4 Å². The van der Waals surface area contributed by atoms with Gasteiger partial charge in [0, 0.05) is 19.7 Å². The van der Waals surface area contributed by atoms with Gasteiger partial charge in [0.1, 0.15) is 0 Å². The summed E-state index contributed by atoms with van der Waals surface area (Å²) in [5.74, 6) is 2.19. The number of hydrogen-bond donors (Lipinski definition) is 1. The van der Waals surface area contributed by atoms with Gasteiger partial charge in [-0.3, -0.25) is 4.90 Å². The molecule has 2 heterocycles. The summed E-state index contributed by atoms with van der Waals surface area (Å²) in [5, 5.41) is 13.0. The Kier molecular flexibility index (Phi) is 6.15. The van der Waals surface area contributed by atoms with Gasteiger partial charge < -0.3 is 19.1 Å². The Labute approximate surface area is 147 Å². The predicted molar refractivity (Wildman–Crippen MR) is 90.7 cm³/mol. The van der Waals surface area contributed by atoms with Crippen molar-refractivity contribution in [2.45, 2.75) is 55.7 Å². The molecule has 8 heteroatoms. The number of aliphatic hydroxyl groups excluding tert-OH is 1. The van der Waals surface area contributed by atoms with Gasteiger partial charge in [0.2, 0.25) is 5.89 Å². The molecule has 0 bridgehead atoms. The van der Waals surface area contributed by atoms with Crippen molar-refractivity contribution in [2.24, 2.45) is 0 Å². The number of nitrogens with zero attached hydrogens (tertiary/aromatic N) is 3. The number of aromatic nitrogens is 2. The number of ether oxygens (including phenoxy) is 2. The molecule has 3 atom stereocenters. The number of fused-ring (bicyclic) bond motifs is 1. The highest BCUT2D eigenvalue weighted by Gasteiger charge is 2.51. The molecule has 1 N–H and O–H groups in total. The molecule has 0 spiro atoms. The van der Waals surface area contributed by atoms with Crippen LogP contribution < -0.4 is 0 Å². The molecule has 1 aliphatic heterocycles. The number of rotatable bonds is 8. The normalized spacial score (nSPS) is 30.6. The summed E-state index contributed by atoms with van der Waals surface area (Å²) >= 11 is 1.68. The second kappa shape index (κ2) is 8.14. The van der Waals surface area contributed by atoms with Gasteiger partial charge in [0.25, 0.3) is 0 Å². The fraction of sp³-hybridized carbons (Fsp3) is 0.875. The van der Waals surface area contributed by atoms with E-state index >= 15 is 0 Å². The highest BCUT2D eigenvalue weighted by molar-refractivity contribution is 7.97. The lowest BCUT2D eigenvalue weighted by molar-refractivity contribution is -0.105. The van der Waals surface area contributed by atoms with Gasteiger partial charge >= 0.3 is 0 Å². The summed E-state index contributed by atoms with van der Waals surface area (Å²) < 4.78 is 17.1. The van der Waals surface area contributed by atoms with Crippen molar-refractivity contribution in [1.82, 2.24) is 15.0 Å². The van der Waals surface area contributed by atoms with Gasteiger partial charge in [-0.2, -0.15) is 16.7 Å².